The fourth-order valence-electron chi connectivity index (χ4n) is 6.37. The Morgan fingerprint density at radius 1 is 0.575 bits per heavy atom. The van der Waals surface area contributed by atoms with Crippen LogP contribution >= 0.6 is 0 Å². The SMILES string of the molecule is CCCCCCOc1c(C)cc(-c2cc3c(c(-c4ccccc4)c2-c2ccccc2)Cc2ccccc2-3)cc1C. The largest absolute Gasteiger partial charge is 0.493 e. The number of fused-ring (bicyclic) bond motifs is 3. The highest BCUT2D eigenvalue weighted by Crippen LogP contribution is 2.50. The van der Waals surface area contributed by atoms with Crippen LogP contribution in [0.3, 0.4) is 0 Å². The molecule has 1 aliphatic rings. The third kappa shape index (κ3) is 4.97. The van der Waals surface area contributed by atoms with E-state index >= 15 is 0 Å². The summed E-state index contributed by atoms with van der Waals surface area (Å²) in [5, 5.41) is 0. The van der Waals surface area contributed by atoms with Crippen LogP contribution in [0.5, 0.6) is 5.75 Å². The summed E-state index contributed by atoms with van der Waals surface area (Å²) in [5.41, 5.74) is 15.7. The molecule has 5 aromatic rings. The molecule has 0 radical (unpaired) electrons. The van der Waals surface area contributed by atoms with Gasteiger partial charge < -0.3 is 4.74 Å². The summed E-state index contributed by atoms with van der Waals surface area (Å²) < 4.78 is 6.33. The number of aryl methyl sites for hydroxylation is 2. The predicted molar refractivity (Wildman–Crippen MR) is 170 cm³/mol. The standard InChI is InChI=1S/C39H38O/c1-4-5-6-15-22-40-39-27(2)23-32(24-28(39)3)34-26-35-33-21-14-13-20-31(33)25-36(35)38(30-18-11-8-12-19-30)37(34)29-16-9-7-10-17-29/h7-14,16-21,23-24,26H,4-6,15,22,25H2,1-3H3. The van der Waals surface area contributed by atoms with Gasteiger partial charge in [0.2, 0.25) is 0 Å². The second-order valence-corrected chi connectivity index (χ2v) is 11.1. The van der Waals surface area contributed by atoms with Crippen molar-refractivity contribution >= 4 is 0 Å². The lowest BCUT2D eigenvalue weighted by Gasteiger charge is -2.22. The van der Waals surface area contributed by atoms with Crippen LogP contribution < -0.4 is 4.74 Å². The molecule has 0 bridgehead atoms. The molecule has 0 N–H and O–H groups in total. The van der Waals surface area contributed by atoms with Crippen LogP contribution in [0.25, 0.3) is 44.5 Å². The predicted octanol–water partition coefficient (Wildman–Crippen LogP) is 10.8. The fourth-order valence-corrected chi connectivity index (χ4v) is 6.37. The summed E-state index contributed by atoms with van der Waals surface area (Å²) in [6, 6.07) is 37.9. The third-order valence-electron chi connectivity index (χ3n) is 8.25. The van der Waals surface area contributed by atoms with Gasteiger partial charge in [-0.1, -0.05) is 111 Å². The molecule has 1 aliphatic carbocycles. The molecule has 0 saturated carbocycles. The van der Waals surface area contributed by atoms with Crippen LogP contribution in [0.1, 0.15) is 54.9 Å². The molecule has 40 heavy (non-hydrogen) atoms. The van der Waals surface area contributed by atoms with Crippen LogP contribution in [0.15, 0.2) is 103 Å². The maximum absolute atomic E-state index is 6.33. The first kappa shape index (κ1) is 26.1. The lowest BCUT2D eigenvalue weighted by molar-refractivity contribution is 0.301. The average Bonchev–Trinajstić information content (AvgIpc) is 3.36. The van der Waals surface area contributed by atoms with Crippen molar-refractivity contribution in [3.8, 4) is 50.3 Å². The molecule has 0 spiro atoms. The van der Waals surface area contributed by atoms with Crippen molar-refractivity contribution in [2.24, 2.45) is 0 Å². The summed E-state index contributed by atoms with van der Waals surface area (Å²) in [5.74, 6) is 1.04. The van der Waals surface area contributed by atoms with Crippen LogP contribution in [-0.4, -0.2) is 6.61 Å². The Morgan fingerprint density at radius 2 is 1.20 bits per heavy atom. The Bertz CT molecular complexity index is 1610. The van der Waals surface area contributed by atoms with Crippen molar-refractivity contribution in [3.63, 3.8) is 0 Å². The van der Waals surface area contributed by atoms with Crippen molar-refractivity contribution in [3.05, 3.63) is 125 Å². The molecule has 0 aromatic heterocycles. The molecule has 5 aromatic carbocycles. The van der Waals surface area contributed by atoms with E-state index in [2.05, 4.69) is 124 Å². The topological polar surface area (TPSA) is 9.23 Å². The normalized spacial score (nSPS) is 11.8. The van der Waals surface area contributed by atoms with E-state index in [1.807, 2.05) is 0 Å². The van der Waals surface area contributed by atoms with Crippen molar-refractivity contribution < 1.29 is 4.74 Å². The van der Waals surface area contributed by atoms with E-state index in [0.717, 1.165) is 25.2 Å². The third-order valence-corrected chi connectivity index (χ3v) is 8.25. The molecular weight excluding hydrogens is 484 g/mol. The highest BCUT2D eigenvalue weighted by Gasteiger charge is 2.27. The second kappa shape index (κ2) is 11.6. The van der Waals surface area contributed by atoms with Crippen molar-refractivity contribution in [2.75, 3.05) is 6.61 Å². The van der Waals surface area contributed by atoms with Gasteiger partial charge in [0.05, 0.1) is 6.61 Å². The first-order valence-electron chi connectivity index (χ1n) is 14.8. The summed E-state index contributed by atoms with van der Waals surface area (Å²) in [4.78, 5) is 0. The van der Waals surface area contributed by atoms with Gasteiger partial charge >= 0.3 is 0 Å². The molecule has 1 heteroatoms. The molecule has 0 saturated heterocycles. The highest BCUT2D eigenvalue weighted by molar-refractivity contribution is 6.01. The van der Waals surface area contributed by atoms with Gasteiger partial charge in [-0.05, 0) is 112 Å². The summed E-state index contributed by atoms with van der Waals surface area (Å²) in [6.07, 6.45) is 5.81. The lowest BCUT2D eigenvalue weighted by atomic mass is 9.82. The van der Waals surface area contributed by atoms with Gasteiger partial charge in [0.15, 0.2) is 0 Å². The van der Waals surface area contributed by atoms with Crippen molar-refractivity contribution in [2.45, 2.75) is 52.9 Å². The van der Waals surface area contributed by atoms with Crippen molar-refractivity contribution in [1.82, 2.24) is 0 Å². The second-order valence-electron chi connectivity index (χ2n) is 11.1. The number of hydrogen-bond acceptors (Lipinski definition) is 1. The lowest BCUT2D eigenvalue weighted by Crippen LogP contribution is -2.02. The minimum Gasteiger partial charge on any atom is -0.493 e. The quantitative estimate of drug-likeness (QED) is 0.172. The van der Waals surface area contributed by atoms with E-state index in [0.29, 0.717) is 0 Å². The zero-order chi connectivity index (χ0) is 27.5. The smallest absolute Gasteiger partial charge is 0.125 e. The van der Waals surface area contributed by atoms with Crippen LogP contribution in [0.4, 0.5) is 0 Å². The molecular formula is C39H38O. The number of unbranched alkanes of at least 4 members (excludes halogenated alkanes) is 3. The van der Waals surface area contributed by atoms with E-state index in [9.17, 15) is 0 Å². The molecule has 0 atom stereocenters. The van der Waals surface area contributed by atoms with Gasteiger partial charge in [-0.25, -0.2) is 0 Å². The molecule has 1 nitrogen and oxygen atoms in total. The highest BCUT2D eigenvalue weighted by atomic mass is 16.5. The Balaban J connectivity index is 1.56. The molecule has 0 aliphatic heterocycles. The van der Waals surface area contributed by atoms with Crippen LogP contribution in [-0.2, 0) is 6.42 Å². The summed E-state index contributed by atoms with van der Waals surface area (Å²) in [6.45, 7) is 7.42. The molecule has 0 unspecified atom stereocenters. The summed E-state index contributed by atoms with van der Waals surface area (Å²) >= 11 is 0. The molecule has 200 valence electrons. The van der Waals surface area contributed by atoms with Gasteiger partial charge in [-0.15, -0.1) is 0 Å². The number of benzene rings is 5. The monoisotopic (exact) mass is 522 g/mol. The van der Waals surface area contributed by atoms with E-state index in [4.69, 9.17) is 4.74 Å². The van der Waals surface area contributed by atoms with Gasteiger partial charge in [0.25, 0.3) is 0 Å². The zero-order valence-corrected chi connectivity index (χ0v) is 24.0. The zero-order valence-electron chi connectivity index (χ0n) is 24.0. The Labute approximate surface area is 239 Å². The Hall–Kier alpha value is -4.10. The van der Waals surface area contributed by atoms with Gasteiger partial charge in [-0.3, -0.25) is 0 Å². The van der Waals surface area contributed by atoms with Gasteiger partial charge in [-0.2, -0.15) is 0 Å². The first-order chi connectivity index (χ1) is 19.7. The minimum absolute atomic E-state index is 0.782. The molecule has 0 amide bonds. The van der Waals surface area contributed by atoms with Gasteiger partial charge in [0.1, 0.15) is 5.75 Å². The van der Waals surface area contributed by atoms with Crippen LogP contribution in [0.2, 0.25) is 0 Å². The number of hydrogen-bond donors (Lipinski definition) is 0. The van der Waals surface area contributed by atoms with E-state index in [1.165, 1.54) is 86.0 Å². The van der Waals surface area contributed by atoms with Crippen molar-refractivity contribution in [1.29, 1.82) is 0 Å². The molecule has 0 heterocycles. The maximum Gasteiger partial charge on any atom is 0.125 e. The fraction of sp³-hybridized carbons (Fsp3) is 0.231. The average molecular weight is 523 g/mol. The summed E-state index contributed by atoms with van der Waals surface area (Å²) in [7, 11) is 0. The Kier molecular flexibility index (Phi) is 7.55. The molecule has 6 rings (SSSR count). The maximum atomic E-state index is 6.33. The van der Waals surface area contributed by atoms with E-state index in [-0.39, 0.29) is 0 Å². The first-order valence-corrected chi connectivity index (χ1v) is 14.8. The molecule has 0 fully saturated rings. The van der Waals surface area contributed by atoms with E-state index in [1.54, 1.807) is 0 Å². The van der Waals surface area contributed by atoms with E-state index < -0.39 is 0 Å². The Morgan fingerprint density at radius 3 is 1.88 bits per heavy atom. The number of rotatable bonds is 9. The minimum atomic E-state index is 0.782. The van der Waals surface area contributed by atoms with Crippen LogP contribution in [0, 0.1) is 13.8 Å². The van der Waals surface area contributed by atoms with Gasteiger partial charge in [0, 0.05) is 0 Å². The number of ether oxygens (including phenoxy) is 1.